The zero-order chi connectivity index (χ0) is 10.8. The first-order valence-electron chi connectivity index (χ1n) is 4.18. The van der Waals surface area contributed by atoms with Gasteiger partial charge in [-0.05, 0) is 40.3 Å². The van der Waals surface area contributed by atoms with Crippen LogP contribution in [-0.4, -0.2) is 21.9 Å². The molecule has 78 valence electrons. The molecule has 4 nitrogen and oxygen atoms in total. The van der Waals surface area contributed by atoms with E-state index in [1.807, 2.05) is 18.2 Å². The Kier molecular flexibility index (Phi) is 2.88. The fourth-order valence-electron chi connectivity index (χ4n) is 1.22. The van der Waals surface area contributed by atoms with Gasteiger partial charge in [0.15, 0.2) is 4.77 Å². The van der Waals surface area contributed by atoms with E-state index in [1.165, 1.54) is 0 Å². The monoisotopic (exact) mass is 285 g/mol. The van der Waals surface area contributed by atoms with Crippen LogP contribution in [0.4, 0.5) is 0 Å². The SMILES string of the molecule is COc1ccc(Br)c(-n2cn[nH]c2=S)c1. The van der Waals surface area contributed by atoms with Gasteiger partial charge >= 0.3 is 0 Å². The number of aromatic amines is 1. The van der Waals surface area contributed by atoms with Gasteiger partial charge in [0.2, 0.25) is 0 Å². The summed E-state index contributed by atoms with van der Waals surface area (Å²) in [6.45, 7) is 0. The second-order valence-corrected chi connectivity index (χ2v) is 4.09. The summed E-state index contributed by atoms with van der Waals surface area (Å²) in [4.78, 5) is 0. The summed E-state index contributed by atoms with van der Waals surface area (Å²) in [5.41, 5.74) is 0.896. The summed E-state index contributed by atoms with van der Waals surface area (Å²) in [5.74, 6) is 0.774. The Morgan fingerprint density at radius 2 is 2.33 bits per heavy atom. The van der Waals surface area contributed by atoms with Crippen LogP contribution in [0.1, 0.15) is 0 Å². The Bertz CT molecular complexity index is 534. The van der Waals surface area contributed by atoms with E-state index in [0.717, 1.165) is 15.9 Å². The summed E-state index contributed by atoms with van der Waals surface area (Å²) < 4.78 is 8.39. The highest BCUT2D eigenvalue weighted by molar-refractivity contribution is 9.10. The van der Waals surface area contributed by atoms with Gasteiger partial charge in [-0.25, -0.2) is 0 Å². The van der Waals surface area contributed by atoms with E-state index in [1.54, 1.807) is 18.0 Å². The maximum Gasteiger partial charge on any atom is 0.199 e. The van der Waals surface area contributed by atoms with Crippen molar-refractivity contribution in [3.8, 4) is 11.4 Å². The highest BCUT2D eigenvalue weighted by Crippen LogP contribution is 2.25. The molecule has 2 rings (SSSR count). The van der Waals surface area contributed by atoms with Crippen molar-refractivity contribution in [1.82, 2.24) is 14.8 Å². The molecule has 0 amide bonds. The molecule has 0 fully saturated rings. The van der Waals surface area contributed by atoms with Crippen LogP contribution < -0.4 is 4.74 Å². The molecule has 15 heavy (non-hydrogen) atoms. The molecule has 0 unspecified atom stereocenters. The highest BCUT2D eigenvalue weighted by Gasteiger charge is 2.05. The summed E-state index contributed by atoms with van der Waals surface area (Å²) >= 11 is 8.54. The van der Waals surface area contributed by atoms with Crippen molar-refractivity contribution in [1.29, 1.82) is 0 Å². The fourth-order valence-corrected chi connectivity index (χ4v) is 1.86. The number of hydrogen-bond acceptors (Lipinski definition) is 3. The lowest BCUT2D eigenvalue weighted by molar-refractivity contribution is 0.414. The second kappa shape index (κ2) is 4.16. The maximum absolute atomic E-state index is 5.15. The third kappa shape index (κ3) is 1.95. The second-order valence-electron chi connectivity index (χ2n) is 2.85. The largest absolute Gasteiger partial charge is 0.497 e. The van der Waals surface area contributed by atoms with Gasteiger partial charge in [0.05, 0.1) is 12.8 Å². The highest BCUT2D eigenvalue weighted by atomic mass is 79.9. The zero-order valence-electron chi connectivity index (χ0n) is 7.90. The van der Waals surface area contributed by atoms with Gasteiger partial charge in [0, 0.05) is 10.5 Å². The van der Waals surface area contributed by atoms with Gasteiger partial charge in [-0.1, -0.05) is 0 Å². The molecule has 1 aromatic heterocycles. The summed E-state index contributed by atoms with van der Waals surface area (Å²) in [5, 5.41) is 6.56. The molecule has 0 saturated carbocycles. The van der Waals surface area contributed by atoms with Crippen LogP contribution in [0.2, 0.25) is 0 Å². The topological polar surface area (TPSA) is 42.8 Å². The van der Waals surface area contributed by atoms with Gasteiger partial charge in [-0.3, -0.25) is 9.67 Å². The number of aromatic nitrogens is 3. The van der Waals surface area contributed by atoms with E-state index in [4.69, 9.17) is 17.0 Å². The van der Waals surface area contributed by atoms with E-state index in [9.17, 15) is 0 Å². The maximum atomic E-state index is 5.15. The van der Waals surface area contributed by atoms with E-state index < -0.39 is 0 Å². The molecule has 0 aliphatic rings. The average molecular weight is 286 g/mol. The number of benzene rings is 1. The standard InChI is InChI=1S/C9H8BrN3OS/c1-14-6-2-3-7(10)8(4-6)13-5-11-12-9(13)15/h2-5H,1H3,(H,12,15). The number of hydrogen-bond donors (Lipinski definition) is 1. The van der Waals surface area contributed by atoms with Crippen molar-refractivity contribution in [3.05, 3.63) is 33.8 Å². The van der Waals surface area contributed by atoms with E-state index in [0.29, 0.717) is 4.77 Å². The molecule has 0 spiro atoms. The van der Waals surface area contributed by atoms with Crippen molar-refractivity contribution in [2.24, 2.45) is 0 Å². The molecule has 0 bridgehead atoms. The summed E-state index contributed by atoms with van der Waals surface area (Å²) in [6.07, 6.45) is 1.63. The molecule has 2 aromatic rings. The van der Waals surface area contributed by atoms with Gasteiger partial charge in [0.25, 0.3) is 0 Å². The molecule has 1 aromatic carbocycles. The molecule has 0 aliphatic heterocycles. The predicted octanol–water partition coefficient (Wildman–Crippen LogP) is 2.70. The summed E-state index contributed by atoms with van der Waals surface area (Å²) in [6, 6.07) is 5.66. The van der Waals surface area contributed by atoms with Crippen molar-refractivity contribution in [2.75, 3.05) is 7.11 Å². The van der Waals surface area contributed by atoms with Crippen molar-refractivity contribution < 1.29 is 4.74 Å². The van der Waals surface area contributed by atoms with Crippen LogP contribution >= 0.6 is 28.1 Å². The molecule has 1 heterocycles. The number of ether oxygens (including phenoxy) is 1. The van der Waals surface area contributed by atoms with E-state index in [-0.39, 0.29) is 0 Å². The summed E-state index contributed by atoms with van der Waals surface area (Å²) in [7, 11) is 1.63. The number of rotatable bonds is 2. The predicted molar refractivity (Wildman–Crippen MR) is 63.0 cm³/mol. The molecule has 1 N–H and O–H groups in total. The van der Waals surface area contributed by atoms with Crippen molar-refractivity contribution in [3.63, 3.8) is 0 Å². The van der Waals surface area contributed by atoms with Crippen LogP contribution in [0.5, 0.6) is 5.75 Å². The first kappa shape index (κ1) is 10.4. The van der Waals surface area contributed by atoms with Gasteiger partial charge in [0.1, 0.15) is 12.1 Å². The van der Waals surface area contributed by atoms with Crippen molar-refractivity contribution >= 4 is 28.1 Å². The lowest BCUT2D eigenvalue weighted by Crippen LogP contribution is -1.94. The smallest absolute Gasteiger partial charge is 0.199 e. The van der Waals surface area contributed by atoms with Crippen LogP contribution in [0.3, 0.4) is 0 Å². The normalized spacial score (nSPS) is 10.3. The third-order valence-corrected chi connectivity index (χ3v) is 2.92. The van der Waals surface area contributed by atoms with Crippen LogP contribution in [0.15, 0.2) is 29.0 Å². The van der Waals surface area contributed by atoms with Crippen LogP contribution in [0, 0.1) is 4.77 Å². The van der Waals surface area contributed by atoms with Gasteiger partial charge < -0.3 is 4.74 Å². The Balaban J connectivity index is 2.62. The molecule has 0 saturated heterocycles. The molecule has 6 heteroatoms. The zero-order valence-corrected chi connectivity index (χ0v) is 10.3. The number of halogens is 1. The Morgan fingerprint density at radius 3 is 2.93 bits per heavy atom. The van der Waals surface area contributed by atoms with Gasteiger partial charge in [-0.2, -0.15) is 5.10 Å². The Labute approximate surface area is 100 Å². The van der Waals surface area contributed by atoms with Gasteiger partial charge in [-0.15, -0.1) is 0 Å². The van der Waals surface area contributed by atoms with E-state index >= 15 is 0 Å². The third-order valence-electron chi connectivity index (χ3n) is 1.97. The minimum absolute atomic E-state index is 0.545. The lowest BCUT2D eigenvalue weighted by Gasteiger charge is -2.06. The Hall–Kier alpha value is -1.14. The van der Waals surface area contributed by atoms with E-state index in [2.05, 4.69) is 26.1 Å². The average Bonchev–Trinajstić information content (AvgIpc) is 2.65. The number of nitrogens with zero attached hydrogens (tertiary/aromatic N) is 2. The number of methoxy groups -OCH3 is 1. The molecular formula is C9H8BrN3OS. The first-order valence-corrected chi connectivity index (χ1v) is 5.38. The lowest BCUT2D eigenvalue weighted by atomic mass is 10.3. The first-order chi connectivity index (χ1) is 7.22. The molecule has 0 radical (unpaired) electrons. The number of nitrogens with one attached hydrogen (secondary N) is 1. The van der Waals surface area contributed by atoms with Crippen molar-refractivity contribution in [2.45, 2.75) is 0 Å². The molecular weight excluding hydrogens is 278 g/mol. The quantitative estimate of drug-likeness (QED) is 0.863. The Morgan fingerprint density at radius 1 is 1.53 bits per heavy atom. The van der Waals surface area contributed by atoms with Crippen LogP contribution in [-0.2, 0) is 0 Å². The number of H-pyrrole nitrogens is 1. The van der Waals surface area contributed by atoms with Crippen LogP contribution in [0.25, 0.3) is 5.69 Å². The molecule has 0 aliphatic carbocycles. The minimum atomic E-state index is 0.545. The fraction of sp³-hybridized carbons (Fsp3) is 0.111. The molecule has 0 atom stereocenters. The minimum Gasteiger partial charge on any atom is -0.497 e.